The summed E-state index contributed by atoms with van der Waals surface area (Å²) in [5.41, 5.74) is 3.27. The average Bonchev–Trinajstić information content (AvgIpc) is 2.64. The number of aryl methyl sites for hydroxylation is 1. The maximum absolute atomic E-state index is 12.1. The number of amides is 1. The molecule has 0 fully saturated rings. The molecule has 25 heavy (non-hydrogen) atoms. The van der Waals surface area contributed by atoms with Gasteiger partial charge in [0.15, 0.2) is 0 Å². The molecule has 126 valence electrons. The van der Waals surface area contributed by atoms with E-state index in [0.29, 0.717) is 17.3 Å². The van der Waals surface area contributed by atoms with Gasteiger partial charge in [0.25, 0.3) is 5.91 Å². The molecule has 6 heteroatoms. The summed E-state index contributed by atoms with van der Waals surface area (Å²) in [5.74, 6) is 0.602. The Morgan fingerprint density at radius 1 is 0.920 bits per heavy atom. The molecule has 0 radical (unpaired) electrons. The Labute approximate surface area is 146 Å². The van der Waals surface area contributed by atoms with E-state index >= 15 is 0 Å². The Bertz CT molecular complexity index is 863. The largest absolute Gasteiger partial charge is 0.355 e. The van der Waals surface area contributed by atoms with E-state index in [1.807, 2.05) is 61.5 Å². The van der Waals surface area contributed by atoms with Crippen LogP contribution in [0.4, 0.5) is 23.1 Å². The van der Waals surface area contributed by atoms with Gasteiger partial charge in [-0.25, -0.2) is 4.98 Å². The molecular weight excluding hydrogens is 314 g/mol. The maximum atomic E-state index is 12.1. The number of carbonyl (C=O) groups is 1. The summed E-state index contributed by atoms with van der Waals surface area (Å²) in [7, 11) is 1.58. The molecule has 0 aliphatic rings. The van der Waals surface area contributed by atoms with Gasteiger partial charge in [-0.2, -0.15) is 4.98 Å². The van der Waals surface area contributed by atoms with Gasteiger partial charge in [0.2, 0.25) is 5.95 Å². The molecule has 6 nitrogen and oxygen atoms in total. The lowest BCUT2D eigenvalue weighted by atomic mass is 10.2. The number of aromatic nitrogens is 2. The van der Waals surface area contributed by atoms with Crippen molar-refractivity contribution in [3.8, 4) is 0 Å². The van der Waals surface area contributed by atoms with Crippen LogP contribution in [-0.2, 0) is 0 Å². The second kappa shape index (κ2) is 7.44. The Balaban J connectivity index is 1.91. The monoisotopic (exact) mass is 333 g/mol. The van der Waals surface area contributed by atoms with E-state index in [4.69, 9.17) is 0 Å². The summed E-state index contributed by atoms with van der Waals surface area (Å²) in [5, 5.41) is 8.92. The van der Waals surface area contributed by atoms with Gasteiger partial charge in [0.1, 0.15) is 11.4 Å². The van der Waals surface area contributed by atoms with Gasteiger partial charge in [-0.3, -0.25) is 4.79 Å². The predicted octanol–water partition coefficient (Wildman–Crippen LogP) is 3.63. The smallest absolute Gasteiger partial charge is 0.256 e. The van der Waals surface area contributed by atoms with Gasteiger partial charge in [-0.15, -0.1) is 0 Å². The standard InChI is InChI=1S/C19H19N5O/c1-13-8-10-15(11-9-13)23-19-21-12-16(18(25)20-2)17(24-19)22-14-6-4-3-5-7-14/h3-12H,1-2H3,(H,20,25)(H2,21,22,23,24). The number of nitrogens with one attached hydrogen (secondary N) is 3. The van der Waals surface area contributed by atoms with E-state index in [-0.39, 0.29) is 5.91 Å². The molecular formula is C19H19N5O. The summed E-state index contributed by atoms with van der Waals surface area (Å²) in [4.78, 5) is 20.8. The fourth-order valence-electron chi connectivity index (χ4n) is 2.26. The molecule has 3 rings (SSSR count). The molecule has 3 aromatic rings. The first-order valence-electron chi connectivity index (χ1n) is 7.90. The first-order valence-corrected chi connectivity index (χ1v) is 7.90. The van der Waals surface area contributed by atoms with Crippen molar-refractivity contribution in [1.82, 2.24) is 15.3 Å². The highest BCUT2D eigenvalue weighted by Crippen LogP contribution is 2.21. The number of hydrogen-bond donors (Lipinski definition) is 3. The third kappa shape index (κ3) is 4.11. The van der Waals surface area contributed by atoms with Crippen LogP contribution in [0, 0.1) is 6.92 Å². The van der Waals surface area contributed by atoms with Crippen molar-refractivity contribution in [1.29, 1.82) is 0 Å². The quantitative estimate of drug-likeness (QED) is 0.664. The first kappa shape index (κ1) is 16.4. The highest BCUT2D eigenvalue weighted by atomic mass is 16.1. The molecule has 3 N–H and O–H groups in total. The maximum Gasteiger partial charge on any atom is 0.256 e. The minimum absolute atomic E-state index is 0.250. The summed E-state index contributed by atoms with van der Waals surface area (Å²) < 4.78 is 0. The Morgan fingerprint density at radius 3 is 2.28 bits per heavy atom. The second-order valence-corrected chi connectivity index (χ2v) is 5.52. The van der Waals surface area contributed by atoms with E-state index in [0.717, 1.165) is 11.4 Å². The van der Waals surface area contributed by atoms with Gasteiger partial charge >= 0.3 is 0 Å². The van der Waals surface area contributed by atoms with E-state index in [2.05, 4.69) is 25.9 Å². The van der Waals surface area contributed by atoms with Crippen molar-refractivity contribution in [3.05, 3.63) is 71.9 Å². The van der Waals surface area contributed by atoms with Gasteiger partial charge < -0.3 is 16.0 Å². The highest BCUT2D eigenvalue weighted by molar-refractivity contribution is 5.99. The fourth-order valence-corrected chi connectivity index (χ4v) is 2.26. The molecule has 0 saturated carbocycles. The highest BCUT2D eigenvalue weighted by Gasteiger charge is 2.14. The third-order valence-electron chi connectivity index (χ3n) is 3.60. The van der Waals surface area contributed by atoms with Crippen LogP contribution in [0.3, 0.4) is 0 Å². The second-order valence-electron chi connectivity index (χ2n) is 5.52. The van der Waals surface area contributed by atoms with Crippen LogP contribution in [-0.4, -0.2) is 22.9 Å². The number of anilines is 4. The number of carbonyl (C=O) groups excluding carboxylic acids is 1. The Kier molecular flexibility index (Phi) is 4.89. The lowest BCUT2D eigenvalue weighted by Crippen LogP contribution is -2.20. The predicted molar refractivity (Wildman–Crippen MR) is 99.6 cm³/mol. The molecule has 0 atom stereocenters. The zero-order chi connectivity index (χ0) is 17.6. The molecule has 0 unspecified atom stereocenters. The molecule has 1 aromatic heterocycles. The number of rotatable bonds is 5. The van der Waals surface area contributed by atoms with Crippen molar-refractivity contribution < 1.29 is 4.79 Å². The van der Waals surface area contributed by atoms with Gasteiger partial charge in [0, 0.05) is 24.6 Å². The van der Waals surface area contributed by atoms with Gasteiger partial charge in [-0.05, 0) is 31.2 Å². The Morgan fingerprint density at radius 2 is 1.60 bits per heavy atom. The molecule has 2 aromatic carbocycles. The van der Waals surface area contributed by atoms with Crippen LogP contribution in [0.15, 0.2) is 60.8 Å². The van der Waals surface area contributed by atoms with E-state index in [1.54, 1.807) is 7.05 Å². The molecule has 0 spiro atoms. The van der Waals surface area contributed by atoms with Gasteiger partial charge in [-0.1, -0.05) is 35.9 Å². The van der Waals surface area contributed by atoms with Crippen LogP contribution in [0.2, 0.25) is 0 Å². The molecule has 0 aliphatic carbocycles. The average molecular weight is 333 g/mol. The van der Waals surface area contributed by atoms with Gasteiger partial charge in [0.05, 0.1) is 0 Å². The van der Waals surface area contributed by atoms with E-state index in [9.17, 15) is 4.79 Å². The van der Waals surface area contributed by atoms with Crippen molar-refractivity contribution in [3.63, 3.8) is 0 Å². The molecule has 1 heterocycles. The SMILES string of the molecule is CNC(=O)c1cnc(Nc2ccc(C)cc2)nc1Nc1ccccc1. The molecule has 0 aliphatic heterocycles. The van der Waals surface area contributed by atoms with Crippen LogP contribution < -0.4 is 16.0 Å². The minimum atomic E-state index is -0.250. The summed E-state index contributed by atoms with van der Waals surface area (Å²) in [6.45, 7) is 2.03. The van der Waals surface area contributed by atoms with Crippen molar-refractivity contribution in [2.24, 2.45) is 0 Å². The summed E-state index contributed by atoms with van der Waals surface area (Å²) in [6, 6.07) is 17.5. The Hall–Kier alpha value is -3.41. The molecule has 0 bridgehead atoms. The number of nitrogens with zero attached hydrogens (tertiary/aromatic N) is 2. The topological polar surface area (TPSA) is 78.9 Å². The van der Waals surface area contributed by atoms with Crippen LogP contribution in [0.5, 0.6) is 0 Å². The number of benzene rings is 2. The van der Waals surface area contributed by atoms with E-state index < -0.39 is 0 Å². The van der Waals surface area contributed by atoms with Crippen molar-refractivity contribution >= 4 is 29.0 Å². The minimum Gasteiger partial charge on any atom is -0.355 e. The number of hydrogen-bond acceptors (Lipinski definition) is 5. The molecule has 1 amide bonds. The third-order valence-corrected chi connectivity index (χ3v) is 3.60. The normalized spacial score (nSPS) is 10.2. The van der Waals surface area contributed by atoms with Crippen molar-refractivity contribution in [2.45, 2.75) is 6.92 Å². The first-order chi connectivity index (χ1) is 12.2. The number of para-hydroxylation sites is 1. The zero-order valence-corrected chi connectivity index (χ0v) is 14.1. The fraction of sp³-hybridized carbons (Fsp3) is 0.105. The lowest BCUT2D eigenvalue weighted by molar-refractivity contribution is 0.0963. The summed E-state index contributed by atoms with van der Waals surface area (Å²) in [6.07, 6.45) is 1.51. The van der Waals surface area contributed by atoms with Crippen molar-refractivity contribution in [2.75, 3.05) is 17.7 Å². The van der Waals surface area contributed by atoms with Crippen LogP contribution in [0.25, 0.3) is 0 Å². The zero-order valence-electron chi connectivity index (χ0n) is 14.1. The molecule has 0 saturated heterocycles. The lowest BCUT2D eigenvalue weighted by Gasteiger charge is -2.12. The van der Waals surface area contributed by atoms with E-state index in [1.165, 1.54) is 11.8 Å². The van der Waals surface area contributed by atoms with Crippen LogP contribution in [0.1, 0.15) is 15.9 Å². The summed E-state index contributed by atoms with van der Waals surface area (Å²) >= 11 is 0. The van der Waals surface area contributed by atoms with Crippen LogP contribution >= 0.6 is 0 Å².